The third kappa shape index (κ3) is 5.43. The van der Waals surface area contributed by atoms with Crippen molar-refractivity contribution in [2.45, 2.75) is 39.8 Å². The lowest BCUT2D eigenvalue weighted by molar-refractivity contribution is 0.0640. The van der Waals surface area contributed by atoms with Crippen LogP contribution in [0.3, 0.4) is 0 Å². The Morgan fingerprint density at radius 2 is 1.59 bits per heavy atom. The van der Waals surface area contributed by atoms with Crippen molar-refractivity contribution < 1.29 is 4.79 Å². The topological polar surface area (TPSA) is 55.2 Å². The quantitative estimate of drug-likeness (QED) is 0.200. The van der Waals surface area contributed by atoms with Crippen LogP contribution < -0.4 is 5.56 Å². The molecule has 4 aromatic carbocycles. The number of halogens is 1. The Morgan fingerprint density at radius 1 is 0.897 bits per heavy atom. The van der Waals surface area contributed by atoms with E-state index in [1.165, 1.54) is 0 Å². The van der Waals surface area contributed by atoms with Crippen molar-refractivity contribution in [3.05, 3.63) is 140 Å². The summed E-state index contributed by atoms with van der Waals surface area (Å²) in [5.41, 5.74) is 5.02. The molecule has 1 atom stereocenters. The van der Waals surface area contributed by atoms with Crippen molar-refractivity contribution in [3.63, 3.8) is 0 Å². The maximum atomic E-state index is 14.1. The number of carbonyl (C=O) groups is 1. The van der Waals surface area contributed by atoms with E-state index in [4.69, 9.17) is 4.98 Å². The largest absolute Gasteiger partial charge is 0.324 e. The van der Waals surface area contributed by atoms with Gasteiger partial charge in [0.25, 0.3) is 11.5 Å². The second-order valence-corrected chi connectivity index (χ2v) is 10.7. The van der Waals surface area contributed by atoms with Gasteiger partial charge in [-0.1, -0.05) is 71.4 Å². The van der Waals surface area contributed by atoms with Crippen LogP contribution in [0.15, 0.2) is 106 Å². The van der Waals surface area contributed by atoms with E-state index in [-0.39, 0.29) is 11.5 Å². The lowest BCUT2D eigenvalue weighted by Crippen LogP contribution is -2.38. The molecule has 1 aromatic heterocycles. The zero-order chi connectivity index (χ0) is 27.5. The summed E-state index contributed by atoms with van der Waals surface area (Å²) >= 11 is 3.47. The Morgan fingerprint density at radius 3 is 2.28 bits per heavy atom. The average Bonchev–Trinajstić information content (AvgIpc) is 2.95. The Hall–Kier alpha value is -4.03. The number of carbonyl (C=O) groups excluding carboxylic acids is 1. The van der Waals surface area contributed by atoms with Crippen LogP contribution in [-0.2, 0) is 6.54 Å². The van der Waals surface area contributed by atoms with E-state index in [9.17, 15) is 9.59 Å². The Bertz CT molecular complexity index is 1690. The number of hydrogen-bond donors (Lipinski definition) is 0. The van der Waals surface area contributed by atoms with Crippen LogP contribution in [0.4, 0.5) is 0 Å². The summed E-state index contributed by atoms with van der Waals surface area (Å²) in [5.74, 6) is 0.429. The molecule has 196 valence electrons. The van der Waals surface area contributed by atoms with Crippen LogP contribution in [-0.4, -0.2) is 20.4 Å². The second-order valence-electron chi connectivity index (χ2n) is 9.75. The van der Waals surface area contributed by atoms with Gasteiger partial charge in [-0.25, -0.2) is 4.98 Å². The maximum absolute atomic E-state index is 14.1. The zero-order valence-electron chi connectivity index (χ0n) is 22.3. The van der Waals surface area contributed by atoms with Crippen LogP contribution in [0.2, 0.25) is 0 Å². The lowest BCUT2D eigenvalue weighted by atomic mass is 10.1. The number of hydrogen-bond acceptors (Lipinski definition) is 3. The Balaban J connectivity index is 1.74. The first-order valence-electron chi connectivity index (χ1n) is 13.1. The number of aryl methyl sites for hydroxylation is 2. The third-order valence-corrected chi connectivity index (χ3v) is 7.69. The van der Waals surface area contributed by atoms with Crippen molar-refractivity contribution in [2.24, 2.45) is 0 Å². The average molecular weight is 581 g/mol. The highest BCUT2D eigenvalue weighted by molar-refractivity contribution is 9.10. The molecule has 1 amide bonds. The fourth-order valence-electron chi connectivity index (χ4n) is 4.89. The summed E-state index contributed by atoms with van der Waals surface area (Å²) in [6.45, 7) is 6.50. The van der Waals surface area contributed by atoms with Gasteiger partial charge in [-0.3, -0.25) is 14.2 Å². The van der Waals surface area contributed by atoms with Crippen LogP contribution >= 0.6 is 15.9 Å². The zero-order valence-corrected chi connectivity index (χ0v) is 23.9. The molecular weight excluding hydrogens is 550 g/mol. The van der Waals surface area contributed by atoms with Gasteiger partial charge in [-0.05, 0) is 85.5 Å². The number of aromatic nitrogens is 2. The van der Waals surface area contributed by atoms with Gasteiger partial charge in [0.1, 0.15) is 5.82 Å². The van der Waals surface area contributed by atoms with Crippen LogP contribution in [0, 0.1) is 13.8 Å². The molecule has 0 bridgehead atoms. The number of nitrogens with zero attached hydrogens (tertiary/aromatic N) is 3. The molecule has 0 saturated carbocycles. The highest BCUT2D eigenvalue weighted by atomic mass is 79.9. The predicted molar refractivity (Wildman–Crippen MR) is 160 cm³/mol. The fourth-order valence-corrected chi connectivity index (χ4v) is 5.16. The highest BCUT2D eigenvalue weighted by Crippen LogP contribution is 2.30. The van der Waals surface area contributed by atoms with Crippen LogP contribution in [0.1, 0.15) is 52.3 Å². The Labute approximate surface area is 236 Å². The van der Waals surface area contributed by atoms with Crippen molar-refractivity contribution in [2.75, 3.05) is 0 Å². The van der Waals surface area contributed by atoms with Gasteiger partial charge in [0, 0.05) is 16.6 Å². The molecule has 0 radical (unpaired) electrons. The summed E-state index contributed by atoms with van der Waals surface area (Å²) in [6, 6.07) is 30.2. The number of amides is 1. The number of benzene rings is 4. The predicted octanol–water partition coefficient (Wildman–Crippen LogP) is 7.56. The van der Waals surface area contributed by atoms with E-state index >= 15 is 0 Å². The summed E-state index contributed by atoms with van der Waals surface area (Å²) in [4.78, 5) is 35.1. The monoisotopic (exact) mass is 579 g/mol. The maximum Gasteiger partial charge on any atom is 0.266 e. The third-order valence-electron chi connectivity index (χ3n) is 7.16. The summed E-state index contributed by atoms with van der Waals surface area (Å²) in [7, 11) is 0. The van der Waals surface area contributed by atoms with Crippen LogP contribution in [0.25, 0.3) is 16.6 Å². The van der Waals surface area contributed by atoms with Gasteiger partial charge < -0.3 is 4.90 Å². The molecule has 1 heterocycles. The van der Waals surface area contributed by atoms with E-state index in [2.05, 4.69) is 22.9 Å². The van der Waals surface area contributed by atoms with Crippen molar-refractivity contribution in [1.82, 2.24) is 14.5 Å². The number of para-hydroxylation sites is 1. The minimum Gasteiger partial charge on any atom is -0.324 e. The minimum absolute atomic E-state index is 0.118. The minimum atomic E-state index is -0.458. The molecule has 0 spiro atoms. The smallest absolute Gasteiger partial charge is 0.266 e. The van der Waals surface area contributed by atoms with Gasteiger partial charge in [0.15, 0.2) is 0 Å². The molecular formula is C33H30BrN3O2. The first-order chi connectivity index (χ1) is 18.9. The van der Waals surface area contributed by atoms with E-state index < -0.39 is 6.04 Å². The number of fused-ring (bicyclic) bond motifs is 1. The van der Waals surface area contributed by atoms with E-state index in [1.54, 1.807) is 4.57 Å². The lowest BCUT2D eigenvalue weighted by Gasteiger charge is -2.33. The van der Waals surface area contributed by atoms with Gasteiger partial charge in [-0.2, -0.15) is 0 Å². The molecule has 39 heavy (non-hydrogen) atoms. The normalized spacial score (nSPS) is 11.9. The molecule has 0 aliphatic rings. The molecule has 5 aromatic rings. The molecule has 5 rings (SSSR count). The standard InChI is InChI=1S/C33H30BrN3O2/c1-4-30(36(21-24-10-6-5-7-11-24)32(38)25-15-17-26(34)18-16-25)31-35-29-13-9-8-12-28(29)33(39)37(31)27-19-14-22(2)23(3)20-27/h5-20,30H,4,21H2,1-3H3. The SMILES string of the molecule is CCC(c1nc2ccccc2c(=O)n1-c1ccc(C)c(C)c1)N(Cc1ccccc1)C(=O)c1ccc(Br)cc1. The van der Waals surface area contributed by atoms with Gasteiger partial charge in [0.2, 0.25) is 0 Å². The summed E-state index contributed by atoms with van der Waals surface area (Å²) in [5, 5.41) is 0.545. The van der Waals surface area contributed by atoms with Crippen molar-refractivity contribution in [3.8, 4) is 5.69 Å². The molecule has 5 nitrogen and oxygen atoms in total. The molecule has 6 heteroatoms. The molecule has 0 aliphatic heterocycles. The van der Waals surface area contributed by atoms with Crippen molar-refractivity contribution in [1.29, 1.82) is 0 Å². The van der Waals surface area contributed by atoms with Gasteiger partial charge >= 0.3 is 0 Å². The van der Waals surface area contributed by atoms with Crippen LogP contribution in [0.5, 0.6) is 0 Å². The molecule has 0 N–H and O–H groups in total. The first-order valence-corrected chi connectivity index (χ1v) is 13.9. The fraction of sp³-hybridized carbons (Fsp3) is 0.182. The summed E-state index contributed by atoms with van der Waals surface area (Å²) in [6.07, 6.45) is 0.574. The summed E-state index contributed by atoms with van der Waals surface area (Å²) < 4.78 is 2.59. The molecule has 0 fully saturated rings. The van der Waals surface area contributed by atoms with Gasteiger partial charge in [-0.15, -0.1) is 0 Å². The van der Waals surface area contributed by atoms with E-state index in [0.29, 0.717) is 35.3 Å². The van der Waals surface area contributed by atoms with Crippen molar-refractivity contribution >= 4 is 32.7 Å². The van der Waals surface area contributed by atoms with Gasteiger partial charge in [0.05, 0.1) is 22.6 Å². The Kier molecular flexibility index (Phi) is 7.75. The number of rotatable bonds is 7. The molecule has 0 saturated heterocycles. The molecule has 1 unspecified atom stereocenters. The second kappa shape index (κ2) is 11.4. The van der Waals surface area contributed by atoms with E-state index in [1.807, 2.05) is 116 Å². The molecule has 0 aliphatic carbocycles. The van der Waals surface area contributed by atoms with E-state index in [0.717, 1.165) is 26.9 Å². The first kappa shape index (κ1) is 26.6. The highest BCUT2D eigenvalue weighted by Gasteiger charge is 2.30.